The predicted molar refractivity (Wildman–Crippen MR) is 86.8 cm³/mol. The second-order valence-electron chi connectivity index (χ2n) is 5.73. The number of aromatic nitrogens is 4. The lowest BCUT2D eigenvalue weighted by Gasteiger charge is -2.27. The first-order valence-electron chi connectivity index (χ1n) is 7.64. The second kappa shape index (κ2) is 5.89. The average Bonchev–Trinajstić information content (AvgIpc) is 3.12. The van der Waals surface area contributed by atoms with Crippen molar-refractivity contribution in [3.05, 3.63) is 58.0 Å². The molecule has 4 heterocycles. The van der Waals surface area contributed by atoms with Gasteiger partial charge in [-0.2, -0.15) is 0 Å². The van der Waals surface area contributed by atoms with Crippen molar-refractivity contribution in [3.8, 4) is 11.6 Å². The number of nitrogens with zero attached hydrogens (tertiary/aromatic N) is 4. The number of aromatic amines is 1. The highest BCUT2D eigenvalue weighted by Crippen LogP contribution is 2.20. The summed E-state index contributed by atoms with van der Waals surface area (Å²) in [5, 5.41) is 0. The van der Waals surface area contributed by atoms with Gasteiger partial charge in [-0.25, -0.2) is 15.0 Å². The highest BCUT2D eigenvalue weighted by Gasteiger charge is 2.22. The molecule has 3 N–H and O–H groups in total. The molecule has 122 valence electrons. The Bertz CT molecular complexity index is 901. The van der Waals surface area contributed by atoms with E-state index in [0.29, 0.717) is 36.7 Å². The lowest BCUT2D eigenvalue weighted by atomic mass is 10.1. The van der Waals surface area contributed by atoms with Crippen LogP contribution in [0.5, 0.6) is 0 Å². The number of rotatable bonds is 3. The Kier molecular flexibility index (Phi) is 3.58. The van der Waals surface area contributed by atoms with Gasteiger partial charge in [-0.3, -0.25) is 9.69 Å². The summed E-state index contributed by atoms with van der Waals surface area (Å²) in [5.74, 6) is 1.30. The lowest BCUT2D eigenvalue weighted by molar-refractivity contribution is 0.241. The molecule has 24 heavy (non-hydrogen) atoms. The summed E-state index contributed by atoms with van der Waals surface area (Å²) in [5.41, 5.74) is 7.87. The molecule has 8 heteroatoms. The van der Waals surface area contributed by atoms with E-state index >= 15 is 0 Å². The molecule has 0 saturated carbocycles. The fourth-order valence-electron chi connectivity index (χ4n) is 2.85. The van der Waals surface area contributed by atoms with E-state index in [1.807, 2.05) is 0 Å². The number of hydrogen-bond acceptors (Lipinski definition) is 7. The summed E-state index contributed by atoms with van der Waals surface area (Å²) in [6.45, 7) is 2.02. The third kappa shape index (κ3) is 2.79. The van der Waals surface area contributed by atoms with Gasteiger partial charge in [0.15, 0.2) is 11.6 Å². The molecule has 8 nitrogen and oxygen atoms in total. The van der Waals surface area contributed by atoms with Crippen LogP contribution >= 0.6 is 0 Å². The summed E-state index contributed by atoms with van der Waals surface area (Å²) >= 11 is 0. The van der Waals surface area contributed by atoms with Gasteiger partial charge >= 0.3 is 0 Å². The lowest BCUT2D eigenvalue weighted by Crippen LogP contribution is -2.35. The number of nitrogens with one attached hydrogen (secondary N) is 1. The molecule has 3 aromatic heterocycles. The van der Waals surface area contributed by atoms with Gasteiger partial charge in [0.05, 0.1) is 17.5 Å². The van der Waals surface area contributed by atoms with Gasteiger partial charge < -0.3 is 15.1 Å². The molecule has 0 aliphatic carbocycles. The number of fused-ring (bicyclic) bond motifs is 1. The first-order chi connectivity index (χ1) is 11.7. The van der Waals surface area contributed by atoms with Crippen LogP contribution in [0.15, 0.2) is 40.0 Å². The minimum Gasteiger partial charge on any atom is -0.461 e. The highest BCUT2D eigenvalue weighted by molar-refractivity contribution is 5.47. The Labute approximate surface area is 137 Å². The van der Waals surface area contributed by atoms with E-state index in [2.05, 4.69) is 24.8 Å². The van der Waals surface area contributed by atoms with Crippen LogP contribution in [0.3, 0.4) is 0 Å². The molecule has 1 aliphatic heterocycles. The van der Waals surface area contributed by atoms with Crippen molar-refractivity contribution in [2.75, 3.05) is 12.3 Å². The van der Waals surface area contributed by atoms with Crippen LogP contribution in [-0.2, 0) is 19.5 Å². The van der Waals surface area contributed by atoms with E-state index < -0.39 is 0 Å². The molecule has 0 fully saturated rings. The number of hydrogen-bond donors (Lipinski definition) is 2. The Balaban J connectivity index is 1.57. The highest BCUT2D eigenvalue weighted by atomic mass is 16.3. The van der Waals surface area contributed by atoms with Crippen molar-refractivity contribution in [1.82, 2.24) is 24.8 Å². The number of H-pyrrole nitrogens is 1. The van der Waals surface area contributed by atoms with Crippen LogP contribution in [0, 0.1) is 0 Å². The zero-order valence-corrected chi connectivity index (χ0v) is 12.9. The molecule has 0 saturated heterocycles. The molecule has 0 spiro atoms. The largest absolute Gasteiger partial charge is 0.461 e. The summed E-state index contributed by atoms with van der Waals surface area (Å²) in [6, 6.07) is 3.55. The third-order valence-electron chi connectivity index (χ3n) is 4.03. The Hall–Kier alpha value is -3.00. The minimum atomic E-state index is -0.121. The van der Waals surface area contributed by atoms with Crippen molar-refractivity contribution >= 4 is 5.95 Å². The maximum atomic E-state index is 12.4. The van der Waals surface area contributed by atoms with Gasteiger partial charge in [-0.05, 0) is 12.1 Å². The zero-order valence-electron chi connectivity index (χ0n) is 12.9. The fourth-order valence-corrected chi connectivity index (χ4v) is 2.85. The van der Waals surface area contributed by atoms with E-state index in [-0.39, 0.29) is 11.5 Å². The number of nitrogen functional groups attached to an aromatic ring is 1. The third-order valence-corrected chi connectivity index (χ3v) is 4.03. The van der Waals surface area contributed by atoms with Gasteiger partial charge in [0.25, 0.3) is 5.56 Å². The second-order valence-corrected chi connectivity index (χ2v) is 5.73. The SMILES string of the molecule is Nc1ncc(CN2CCc3nc(-c4ccco4)[nH]c(=O)c3C2)cn1. The van der Waals surface area contributed by atoms with Crippen molar-refractivity contribution in [2.24, 2.45) is 0 Å². The summed E-state index contributed by atoms with van der Waals surface area (Å²) in [4.78, 5) is 29.9. The van der Waals surface area contributed by atoms with E-state index in [4.69, 9.17) is 10.2 Å². The molecule has 0 aromatic carbocycles. The molecular formula is C16H16N6O2. The number of anilines is 1. The Morgan fingerprint density at radius 1 is 1.33 bits per heavy atom. The number of nitrogens with two attached hydrogens (primary N) is 1. The normalized spacial score (nSPS) is 14.5. The molecule has 0 bridgehead atoms. The van der Waals surface area contributed by atoms with Crippen LogP contribution in [0.4, 0.5) is 5.95 Å². The van der Waals surface area contributed by atoms with Crippen molar-refractivity contribution in [3.63, 3.8) is 0 Å². The molecular weight excluding hydrogens is 308 g/mol. The molecule has 0 unspecified atom stereocenters. The first kappa shape index (κ1) is 14.6. The summed E-state index contributed by atoms with van der Waals surface area (Å²) in [7, 11) is 0. The van der Waals surface area contributed by atoms with Crippen LogP contribution in [0.2, 0.25) is 0 Å². The topological polar surface area (TPSA) is 114 Å². The van der Waals surface area contributed by atoms with E-state index in [1.165, 1.54) is 0 Å². The van der Waals surface area contributed by atoms with Gasteiger partial charge in [0.1, 0.15) is 0 Å². The van der Waals surface area contributed by atoms with Crippen LogP contribution in [0.1, 0.15) is 16.8 Å². The first-order valence-corrected chi connectivity index (χ1v) is 7.64. The van der Waals surface area contributed by atoms with E-state index in [9.17, 15) is 4.79 Å². The molecule has 0 amide bonds. The summed E-state index contributed by atoms with van der Waals surface area (Å²) in [6.07, 6.45) is 5.69. The minimum absolute atomic E-state index is 0.121. The smallest absolute Gasteiger partial charge is 0.256 e. The maximum absolute atomic E-state index is 12.4. The quantitative estimate of drug-likeness (QED) is 0.737. The molecule has 3 aromatic rings. The Morgan fingerprint density at radius 3 is 2.92 bits per heavy atom. The maximum Gasteiger partial charge on any atom is 0.256 e. The van der Waals surface area contributed by atoms with Gasteiger partial charge in [-0.1, -0.05) is 0 Å². The van der Waals surface area contributed by atoms with Crippen molar-refractivity contribution < 1.29 is 4.42 Å². The van der Waals surface area contributed by atoms with Crippen molar-refractivity contribution in [2.45, 2.75) is 19.5 Å². The molecule has 0 atom stereocenters. The monoisotopic (exact) mass is 324 g/mol. The predicted octanol–water partition coefficient (Wildman–Crippen LogP) is 0.960. The average molecular weight is 324 g/mol. The van der Waals surface area contributed by atoms with Gasteiger partial charge in [0, 0.05) is 44.0 Å². The Morgan fingerprint density at radius 2 is 2.17 bits per heavy atom. The van der Waals surface area contributed by atoms with Crippen LogP contribution in [0.25, 0.3) is 11.6 Å². The molecule has 0 radical (unpaired) electrons. The van der Waals surface area contributed by atoms with Gasteiger partial charge in [0.2, 0.25) is 5.95 Å². The molecule has 1 aliphatic rings. The number of furan rings is 1. The van der Waals surface area contributed by atoms with E-state index in [1.54, 1.807) is 30.8 Å². The summed E-state index contributed by atoms with van der Waals surface area (Å²) < 4.78 is 5.31. The molecule has 4 rings (SSSR count). The van der Waals surface area contributed by atoms with Crippen LogP contribution < -0.4 is 11.3 Å². The zero-order chi connectivity index (χ0) is 16.5. The standard InChI is InChI=1S/C16H16N6O2/c17-16-18-6-10(7-19-16)8-22-4-3-12-11(9-22)15(23)21-14(20-12)13-2-1-5-24-13/h1-2,5-7H,3-4,8-9H2,(H2,17,18,19)(H,20,21,23). The fraction of sp³-hybridized carbons (Fsp3) is 0.250. The van der Waals surface area contributed by atoms with Gasteiger partial charge in [-0.15, -0.1) is 0 Å². The van der Waals surface area contributed by atoms with Crippen LogP contribution in [-0.4, -0.2) is 31.4 Å². The van der Waals surface area contributed by atoms with E-state index in [0.717, 1.165) is 17.8 Å². The van der Waals surface area contributed by atoms with Crippen molar-refractivity contribution in [1.29, 1.82) is 0 Å².